The second kappa shape index (κ2) is 6.34. The molecule has 0 amide bonds. The number of hydrogen-bond donors (Lipinski definition) is 1. The summed E-state index contributed by atoms with van der Waals surface area (Å²) in [5.74, 6) is -0.201. The Balaban J connectivity index is 2.06. The van der Waals surface area contributed by atoms with E-state index in [-0.39, 0.29) is 12.0 Å². The molecule has 0 fully saturated rings. The van der Waals surface area contributed by atoms with Gasteiger partial charge in [0.05, 0.1) is 7.11 Å². The van der Waals surface area contributed by atoms with E-state index >= 15 is 0 Å². The molecule has 3 nitrogen and oxygen atoms in total. The minimum Gasteiger partial charge on any atom is -0.469 e. The third-order valence-corrected chi connectivity index (χ3v) is 3.31. The number of nitrogens with two attached hydrogens (primary N) is 1. The van der Waals surface area contributed by atoms with Crippen LogP contribution in [0.15, 0.2) is 42.5 Å². The number of hydrogen-bond acceptors (Lipinski definition) is 3. The number of rotatable bonds is 5. The van der Waals surface area contributed by atoms with E-state index in [9.17, 15) is 4.79 Å². The van der Waals surface area contributed by atoms with Crippen molar-refractivity contribution in [1.29, 1.82) is 0 Å². The molecule has 2 N–H and O–H groups in total. The molecule has 0 aliphatic rings. The van der Waals surface area contributed by atoms with Crippen molar-refractivity contribution in [3.63, 3.8) is 0 Å². The Bertz CT molecular complexity index is 560. The Morgan fingerprint density at radius 3 is 2.74 bits per heavy atom. The summed E-state index contributed by atoms with van der Waals surface area (Å²) < 4.78 is 4.63. The molecule has 2 aromatic rings. The predicted octanol–water partition coefficient (Wildman–Crippen LogP) is 2.66. The minimum atomic E-state index is -0.201. The van der Waals surface area contributed by atoms with Gasteiger partial charge in [-0.25, -0.2) is 0 Å². The number of benzene rings is 2. The highest BCUT2D eigenvalue weighted by Crippen LogP contribution is 2.20. The van der Waals surface area contributed by atoms with Crippen molar-refractivity contribution in [2.75, 3.05) is 7.11 Å². The summed E-state index contributed by atoms with van der Waals surface area (Å²) in [6, 6.07) is 14.5. The number of fused-ring (bicyclic) bond motifs is 1. The fourth-order valence-corrected chi connectivity index (χ4v) is 2.26. The van der Waals surface area contributed by atoms with Crippen molar-refractivity contribution < 1.29 is 9.53 Å². The van der Waals surface area contributed by atoms with Gasteiger partial charge in [-0.15, -0.1) is 0 Å². The van der Waals surface area contributed by atoms with Gasteiger partial charge in [0.1, 0.15) is 0 Å². The van der Waals surface area contributed by atoms with E-state index in [0.717, 1.165) is 6.42 Å². The topological polar surface area (TPSA) is 52.3 Å². The van der Waals surface area contributed by atoms with Crippen LogP contribution in [0.4, 0.5) is 0 Å². The van der Waals surface area contributed by atoms with Crippen molar-refractivity contribution >= 4 is 16.7 Å². The van der Waals surface area contributed by atoms with E-state index in [1.54, 1.807) is 0 Å². The van der Waals surface area contributed by atoms with Crippen LogP contribution in [0.3, 0.4) is 0 Å². The first-order valence-corrected chi connectivity index (χ1v) is 6.49. The van der Waals surface area contributed by atoms with Gasteiger partial charge in [-0.3, -0.25) is 4.79 Å². The summed E-state index contributed by atoms with van der Waals surface area (Å²) in [6.07, 6.45) is 1.80. The van der Waals surface area contributed by atoms with Gasteiger partial charge in [0.2, 0.25) is 0 Å². The first-order chi connectivity index (χ1) is 9.20. The van der Waals surface area contributed by atoms with Gasteiger partial charge in [0.15, 0.2) is 0 Å². The lowest BCUT2D eigenvalue weighted by molar-refractivity contribution is -0.140. The molecule has 0 aliphatic heterocycles. The summed E-state index contributed by atoms with van der Waals surface area (Å²) in [4.78, 5) is 11.1. The highest BCUT2D eigenvalue weighted by Gasteiger charge is 2.09. The Labute approximate surface area is 113 Å². The second-order valence-electron chi connectivity index (χ2n) is 4.72. The normalized spacial score (nSPS) is 12.3. The Kier molecular flexibility index (Phi) is 4.53. The molecule has 0 saturated carbocycles. The summed E-state index contributed by atoms with van der Waals surface area (Å²) in [6.45, 7) is 0. The zero-order valence-corrected chi connectivity index (χ0v) is 11.1. The van der Waals surface area contributed by atoms with Gasteiger partial charge < -0.3 is 10.5 Å². The molecule has 0 aliphatic carbocycles. The van der Waals surface area contributed by atoms with E-state index in [1.165, 1.54) is 23.4 Å². The van der Waals surface area contributed by atoms with Crippen LogP contribution < -0.4 is 5.73 Å². The van der Waals surface area contributed by atoms with Crippen LogP contribution in [0.5, 0.6) is 0 Å². The number of ether oxygens (including phenoxy) is 1. The third-order valence-electron chi connectivity index (χ3n) is 3.31. The van der Waals surface area contributed by atoms with Crippen LogP contribution >= 0.6 is 0 Å². The van der Waals surface area contributed by atoms with Crippen molar-refractivity contribution in [2.45, 2.75) is 25.3 Å². The molecule has 0 saturated heterocycles. The van der Waals surface area contributed by atoms with Crippen molar-refractivity contribution in [3.8, 4) is 0 Å². The van der Waals surface area contributed by atoms with Crippen LogP contribution in [0, 0.1) is 0 Å². The van der Waals surface area contributed by atoms with E-state index in [1.807, 2.05) is 18.2 Å². The molecule has 100 valence electrons. The molecule has 19 heavy (non-hydrogen) atoms. The quantitative estimate of drug-likeness (QED) is 0.838. The monoisotopic (exact) mass is 257 g/mol. The van der Waals surface area contributed by atoms with Crippen molar-refractivity contribution in [2.24, 2.45) is 5.73 Å². The third kappa shape index (κ3) is 3.55. The molecule has 1 unspecified atom stereocenters. The van der Waals surface area contributed by atoms with Crippen LogP contribution in [-0.4, -0.2) is 19.1 Å². The molecular formula is C16H19NO2. The summed E-state index contributed by atoms with van der Waals surface area (Å²) in [5.41, 5.74) is 7.32. The predicted molar refractivity (Wildman–Crippen MR) is 76.9 cm³/mol. The Morgan fingerprint density at radius 2 is 1.95 bits per heavy atom. The Morgan fingerprint density at radius 1 is 1.21 bits per heavy atom. The minimum absolute atomic E-state index is 0.0232. The smallest absolute Gasteiger partial charge is 0.305 e. The molecule has 2 aromatic carbocycles. The van der Waals surface area contributed by atoms with Crippen molar-refractivity contribution in [3.05, 3.63) is 48.0 Å². The molecule has 1 atom stereocenters. The standard InChI is InChI=1S/C16H19NO2/c1-19-16(18)10-9-14(17)11-13-7-4-6-12-5-2-3-8-15(12)13/h2-8,14H,9-11,17H2,1H3. The zero-order chi connectivity index (χ0) is 13.7. The van der Waals surface area contributed by atoms with Gasteiger partial charge in [-0.2, -0.15) is 0 Å². The first-order valence-electron chi connectivity index (χ1n) is 6.49. The maximum Gasteiger partial charge on any atom is 0.305 e. The largest absolute Gasteiger partial charge is 0.469 e. The molecule has 0 bridgehead atoms. The summed E-state index contributed by atoms with van der Waals surface area (Å²) >= 11 is 0. The number of esters is 1. The molecule has 0 aromatic heterocycles. The number of carbonyl (C=O) groups is 1. The fraction of sp³-hybridized carbons (Fsp3) is 0.312. The van der Waals surface area contributed by atoms with E-state index in [0.29, 0.717) is 12.8 Å². The van der Waals surface area contributed by atoms with Crippen molar-refractivity contribution in [1.82, 2.24) is 0 Å². The molecular weight excluding hydrogens is 238 g/mol. The highest BCUT2D eigenvalue weighted by atomic mass is 16.5. The molecule has 3 heteroatoms. The molecule has 2 rings (SSSR count). The van der Waals surface area contributed by atoms with E-state index < -0.39 is 0 Å². The lowest BCUT2D eigenvalue weighted by Gasteiger charge is -2.13. The van der Waals surface area contributed by atoms with Crippen LogP contribution in [-0.2, 0) is 16.0 Å². The summed E-state index contributed by atoms with van der Waals surface area (Å²) in [5, 5.41) is 2.46. The van der Waals surface area contributed by atoms with Gasteiger partial charge in [0.25, 0.3) is 0 Å². The van der Waals surface area contributed by atoms with E-state index in [2.05, 4.69) is 29.0 Å². The van der Waals surface area contributed by atoms with Crippen LogP contribution in [0.25, 0.3) is 10.8 Å². The SMILES string of the molecule is COC(=O)CCC(N)Cc1cccc2ccccc12. The van der Waals surface area contributed by atoms with E-state index in [4.69, 9.17) is 5.73 Å². The highest BCUT2D eigenvalue weighted by molar-refractivity contribution is 5.85. The van der Waals surface area contributed by atoms with Gasteiger partial charge in [-0.1, -0.05) is 42.5 Å². The number of methoxy groups -OCH3 is 1. The fourth-order valence-electron chi connectivity index (χ4n) is 2.26. The van der Waals surface area contributed by atoms with Crippen LogP contribution in [0.1, 0.15) is 18.4 Å². The lowest BCUT2D eigenvalue weighted by atomic mass is 9.97. The second-order valence-corrected chi connectivity index (χ2v) is 4.72. The van der Waals surface area contributed by atoms with Gasteiger partial charge >= 0.3 is 5.97 Å². The zero-order valence-electron chi connectivity index (χ0n) is 11.1. The van der Waals surface area contributed by atoms with Gasteiger partial charge in [-0.05, 0) is 29.2 Å². The average Bonchev–Trinajstić information content (AvgIpc) is 2.45. The molecule has 0 heterocycles. The maximum absolute atomic E-state index is 11.1. The molecule has 0 radical (unpaired) electrons. The van der Waals surface area contributed by atoms with Crippen LogP contribution in [0.2, 0.25) is 0 Å². The molecule has 0 spiro atoms. The van der Waals surface area contributed by atoms with Gasteiger partial charge in [0, 0.05) is 12.5 Å². The lowest BCUT2D eigenvalue weighted by Crippen LogP contribution is -2.24. The summed E-state index contributed by atoms with van der Waals surface area (Å²) in [7, 11) is 1.40. The average molecular weight is 257 g/mol. The first kappa shape index (κ1) is 13.6. The maximum atomic E-state index is 11.1. The Hall–Kier alpha value is -1.87. The number of carbonyl (C=O) groups excluding carboxylic acids is 1.